The second-order valence-corrected chi connectivity index (χ2v) is 7.86. The van der Waals surface area contributed by atoms with Gasteiger partial charge < -0.3 is 10.1 Å². The summed E-state index contributed by atoms with van der Waals surface area (Å²) in [6.45, 7) is 5.46. The lowest BCUT2D eigenvalue weighted by Gasteiger charge is -2.27. The molecule has 0 amide bonds. The minimum atomic E-state index is 0.600. The van der Waals surface area contributed by atoms with Crippen LogP contribution in [0.5, 0.6) is 0 Å². The Labute approximate surface area is 156 Å². The van der Waals surface area contributed by atoms with E-state index in [1.165, 1.54) is 55.3 Å². The molecule has 1 N–H and O–H groups in total. The minimum absolute atomic E-state index is 0.600. The van der Waals surface area contributed by atoms with Gasteiger partial charge in [0, 0.05) is 37.8 Å². The standard InChI is InChI=1S/C21H30N4O/c22-15-19-17-7-4-8-18(17)20(16-5-2-1-3-6-16)24-21(19)23-9-10-25-11-13-26-14-12-25/h16H,1-14H2,(H,23,24). The van der Waals surface area contributed by atoms with E-state index in [1.54, 1.807) is 0 Å². The first-order valence-corrected chi connectivity index (χ1v) is 10.4. The van der Waals surface area contributed by atoms with Crippen LogP contribution >= 0.6 is 0 Å². The summed E-state index contributed by atoms with van der Waals surface area (Å²) in [5, 5.41) is 13.3. The lowest BCUT2D eigenvalue weighted by atomic mass is 9.84. The average molecular weight is 354 g/mol. The van der Waals surface area contributed by atoms with Gasteiger partial charge in [-0.25, -0.2) is 4.98 Å². The Hall–Kier alpha value is -1.64. The molecule has 1 aliphatic heterocycles. The van der Waals surface area contributed by atoms with Crippen LogP contribution < -0.4 is 5.32 Å². The van der Waals surface area contributed by atoms with E-state index in [2.05, 4.69) is 16.3 Å². The molecule has 1 saturated heterocycles. The Bertz CT molecular complexity index is 670. The third-order valence-electron chi connectivity index (χ3n) is 6.23. The largest absolute Gasteiger partial charge is 0.379 e. The van der Waals surface area contributed by atoms with Gasteiger partial charge in [0.05, 0.1) is 18.8 Å². The van der Waals surface area contributed by atoms with Crippen LogP contribution in [-0.4, -0.2) is 49.3 Å². The van der Waals surface area contributed by atoms with Crippen molar-refractivity contribution < 1.29 is 4.74 Å². The van der Waals surface area contributed by atoms with Crippen LogP contribution in [-0.2, 0) is 17.6 Å². The van der Waals surface area contributed by atoms with Gasteiger partial charge in [-0.05, 0) is 43.2 Å². The number of fused-ring (bicyclic) bond motifs is 1. The number of morpholine rings is 1. The van der Waals surface area contributed by atoms with Gasteiger partial charge in [-0.2, -0.15) is 5.26 Å². The molecule has 2 heterocycles. The number of pyridine rings is 1. The highest BCUT2D eigenvalue weighted by Gasteiger charge is 2.28. The summed E-state index contributed by atoms with van der Waals surface area (Å²) in [4.78, 5) is 7.46. The fourth-order valence-corrected chi connectivity index (χ4v) is 4.81. The zero-order valence-electron chi connectivity index (χ0n) is 15.7. The molecule has 1 aromatic heterocycles. The predicted molar refractivity (Wildman–Crippen MR) is 103 cm³/mol. The summed E-state index contributed by atoms with van der Waals surface area (Å²) in [5.41, 5.74) is 4.81. The first-order valence-electron chi connectivity index (χ1n) is 10.4. The van der Waals surface area contributed by atoms with Gasteiger partial charge in [0.2, 0.25) is 0 Å². The molecule has 2 aliphatic carbocycles. The Balaban J connectivity index is 1.53. The second-order valence-electron chi connectivity index (χ2n) is 7.86. The molecule has 1 saturated carbocycles. The number of nitriles is 1. The monoisotopic (exact) mass is 354 g/mol. The third-order valence-corrected chi connectivity index (χ3v) is 6.23. The maximum absolute atomic E-state index is 9.77. The Morgan fingerprint density at radius 3 is 2.62 bits per heavy atom. The van der Waals surface area contributed by atoms with Gasteiger partial charge >= 0.3 is 0 Å². The normalized spacial score (nSPS) is 21.3. The molecule has 26 heavy (non-hydrogen) atoms. The molecular weight excluding hydrogens is 324 g/mol. The number of hydrogen-bond acceptors (Lipinski definition) is 5. The van der Waals surface area contributed by atoms with E-state index in [9.17, 15) is 5.26 Å². The lowest BCUT2D eigenvalue weighted by Crippen LogP contribution is -2.39. The molecule has 1 aromatic rings. The van der Waals surface area contributed by atoms with Crippen LogP contribution in [0.15, 0.2) is 0 Å². The van der Waals surface area contributed by atoms with Crippen molar-refractivity contribution in [1.82, 2.24) is 9.88 Å². The number of nitrogens with one attached hydrogen (secondary N) is 1. The van der Waals surface area contributed by atoms with Crippen molar-refractivity contribution >= 4 is 5.82 Å². The van der Waals surface area contributed by atoms with E-state index in [0.717, 1.165) is 63.6 Å². The Morgan fingerprint density at radius 2 is 1.85 bits per heavy atom. The van der Waals surface area contributed by atoms with Crippen molar-refractivity contribution in [1.29, 1.82) is 5.26 Å². The van der Waals surface area contributed by atoms with Crippen molar-refractivity contribution in [3.05, 3.63) is 22.4 Å². The van der Waals surface area contributed by atoms with Gasteiger partial charge in [-0.1, -0.05) is 19.3 Å². The van der Waals surface area contributed by atoms with Crippen LogP contribution in [0.4, 0.5) is 5.82 Å². The second kappa shape index (κ2) is 8.37. The maximum atomic E-state index is 9.77. The molecule has 5 heteroatoms. The number of aromatic nitrogens is 1. The van der Waals surface area contributed by atoms with Crippen LogP contribution in [0.25, 0.3) is 0 Å². The van der Waals surface area contributed by atoms with Crippen molar-refractivity contribution in [2.45, 2.75) is 57.3 Å². The topological polar surface area (TPSA) is 61.2 Å². The number of nitrogens with zero attached hydrogens (tertiary/aromatic N) is 3. The Kier molecular flexibility index (Phi) is 5.72. The van der Waals surface area contributed by atoms with E-state index >= 15 is 0 Å². The fourth-order valence-electron chi connectivity index (χ4n) is 4.81. The third kappa shape index (κ3) is 3.72. The zero-order valence-corrected chi connectivity index (χ0v) is 15.7. The van der Waals surface area contributed by atoms with Crippen molar-refractivity contribution in [3.8, 4) is 6.07 Å². The van der Waals surface area contributed by atoms with Crippen molar-refractivity contribution in [2.24, 2.45) is 0 Å². The van der Waals surface area contributed by atoms with Gasteiger partial charge in [-0.15, -0.1) is 0 Å². The molecule has 0 aromatic carbocycles. The summed E-state index contributed by atoms with van der Waals surface area (Å²) in [6, 6.07) is 2.46. The van der Waals surface area contributed by atoms with E-state index in [0.29, 0.717) is 5.92 Å². The molecule has 0 radical (unpaired) electrons. The number of hydrogen-bond donors (Lipinski definition) is 1. The van der Waals surface area contributed by atoms with E-state index in [1.807, 2.05) is 0 Å². The molecule has 0 atom stereocenters. The molecule has 5 nitrogen and oxygen atoms in total. The summed E-state index contributed by atoms with van der Waals surface area (Å²) in [7, 11) is 0. The first-order chi connectivity index (χ1) is 12.9. The van der Waals surface area contributed by atoms with Gasteiger partial charge in [-0.3, -0.25) is 4.90 Å². The fraction of sp³-hybridized carbons (Fsp3) is 0.714. The summed E-state index contributed by atoms with van der Waals surface area (Å²) < 4.78 is 5.42. The zero-order chi connectivity index (χ0) is 17.8. The summed E-state index contributed by atoms with van der Waals surface area (Å²) in [5.74, 6) is 1.44. The summed E-state index contributed by atoms with van der Waals surface area (Å²) >= 11 is 0. The van der Waals surface area contributed by atoms with E-state index in [-0.39, 0.29) is 0 Å². The summed E-state index contributed by atoms with van der Waals surface area (Å²) in [6.07, 6.45) is 9.84. The molecule has 0 spiro atoms. The number of anilines is 1. The molecule has 4 rings (SSSR count). The van der Waals surface area contributed by atoms with Crippen LogP contribution in [0.2, 0.25) is 0 Å². The van der Waals surface area contributed by atoms with Gasteiger partial charge in [0.1, 0.15) is 11.9 Å². The number of ether oxygens (including phenoxy) is 1. The maximum Gasteiger partial charge on any atom is 0.144 e. The smallest absolute Gasteiger partial charge is 0.144 e. The molecule has 0 bridgehead atoms. The highest BCUT2D eigenvalue weighted by atomic mass is 16.5. The highest BCUT2D eigenvalue weighted by Crippen LogP contribution is 2.39. The molecular formula is C21H30N4O. The van der Waals surface area contributed by atoms with E-state index in [4.69, 9.17) is 9.72 Å². The molecule has 0 unspecified atom stereocenters. The van der Waals surface area contributed by atoms with Crippen molar-refractivity contribution in [3.63, 3.8) is 0 Å². The molecule has 3 aliphatic rings. The lowest BCUT2D eigenvalue weighted by molar-refractivity contribution is 0.0398. The van der Waals surface area contributed by atoms with Crippen LogP contribution in [0.3, 0.4) is 0 Å². The van der Waals surface area contributed by atoms with Crippen molar-refractivity contribution in [2.75, 3.05) is 44.7 Å². The minimum Gasteiger partial charge on any atom is -0.379 e. The van der Waals surface area contributed by atoms with Crippen LogP contribution in [0.1, 0.15) is 66.8 Å². The molecule has 140 valence electrons. The SMILES string of the molecule is N#Cc1c(NCCN2CCOCC2)nc(C2CCCCC2)c2c1CCC2. The van der Waals surface area contributed by atoms with Gasteiger partial charge in [0.25, 0.3) is 0 Å². The van der Waals surface area contributed by atoms with E-state index < -0.39 is 0 Å². The Morgan fingerprint density at radius 1 is 1.08 bits per heavy atom. The predicted octanol–water partition coefficient (Wildman–Crippen LogP) is 3.23. The van der Waals surface area contributed by atoms with Gasteiger partial charge in [0.15, 0.2) is 0 Å². The quantitative estimate of drug-likeness (QED) is 0.880. The highest BCUT2D eigenvalue weighted by molar-refractivity contribution is 5.61. The first kappa shape index (κ1) is 17.8. The number of rotatable bonds is 5. The molecule has 2 fully saturated rings. The average Bonchev–Trinajstić information content (AvgIpc) is 3.18. The van der Waals surface area contributed by atoms with Crippen LogP contribution in [0, 0.1) is 11.3 Å².